The van der Waals surface area contributed by atoms with Crippen molar-refractivity contribution in [2.45, 2.75) is 19.6 Å². The van der Waals surface area contributed by atoms with E-state index >= 15 is 0 Å². The van der Waals surface area contributed by atoms with Gasteiger partial charge in [0.25, 0.3) is 5.56 Å². The van der Waals surface area contributed by atoms with E-state index in [1.807, 2.05) is 17.8 Å². The zero-order chi connectivity index (χ0) is 14.8. The molecule has 1 aliphatic heterocycles. The molecular weight excluding hydrogens is 270 g/mol. The van der Waals surface area contributed by atoms with Gasteiger partial charge in [-0.15, -0.1) is 0 Å². The van der Waals surface area contributed by atoms with Gasteiger partial charge in [-0.25, -0.2) is 9.97 Å². The second-order valence-corrected chi connectivity index (χ2v) is 5.35. The lowest BCUT2D eigenvalue weighted by molar-refractivity contribution is -0.0357. The SMILES string of the molecule is Cc1nc(C2CN(Cc3cncn3C)CCO2)cc(=O)[nH]1. The van der Waals surface area contributed by atoms with Crippen LogP contribution < -0.4 is 5.56 Å². The monoisotopic (exact) mass is 289 g/mol. The number of aryl methyl sites for hydroxylation is 2. The van der Waals surface area contributed by atoms with Gasteiger partial charge < -0.3 is 14.3 Å². The molecule has 2 aromatic rings. The van der Waals surface area contributed by atoms with Crippen LogP contribution >= 0.6 is 0 Å². The van der Waals surface area contributed by atoms with Crippen molar-refractivity contribution in [3.63, 3.8) is 0 Å². The van der Waals surface area contributed by atoms with Crippen LogP contribution in [0, 0.1) is 6.92 Å². The zero-order valence-corrected chi connectivity index (χ0v) is 12.2. The fourth-order valence-corrected chi connectivity index (χ4v) is 2.56. The van der Waals surface area contributed by atoms with E-state index in [-0.39, 0.29) is 11.7 Å². The summed E-state index contributed by atoms with van der Waals surface area (Å²) in [6.07, 6.45) is 3.52. The Morgan fingerprint density at radius 3 is 3.10 bits per heavy atom. The lowest BCUT2D eigenvalue weighted by Gasteiger charge is -2.32. The molecule has 21 heavy (non-hydrogen) atoms. The van der Waals surface area contributed by atoms with Gasteiger partial charge in [-0.05, 0) is 6.92 Å². The van der Waals surface area contributed by atoms with Crippen LogP contribution in [0.4, 0.5) is 0 Å². The quantitative estimate of drug-likeness (QED) is 0.884. The van der Waals surface area contributed by atoms with Crippen molar-refractivity contribution in [3.05, 3.63) is 46.2 Å². The van der Waals surface area contributed by atoms with Crippen molar-refractivity contribution in [2.24, 2.45) is 7.05 Å². The average Bonchev–Trinajstić information content (AvgIpc) is 2.84. The van der Waals surface area contributed by atoms with Crippen molar-refractivity contribution in [2.75, 3.05) is 19.7 Å². The van der Waals surface area contributed by atoms with E-state index in [0.717, 1.165) is 25.3 Å². The average molecular weight is 289 g/mol. The molecule has 7 heteroatoms. The predicted molar refractivity (Wildman–Crippen MR) is 76.8 cm³/mol. The van der Waals surface area contributed by atoms with Crippen LogP contribution in [-0.4, -0.2) is 44.1 Å². The van der Waals surface area contributed by atoms with E-state index in [1.54, 1.807) is 13.3 Å². The number of morpholine rings is 1. The third-order valence-corrected chi connectivity index (χ3v) is 3.66. The summed E-state index contributed by atoms with van der Waals surface area (Å²) >= 11 is 0. The van der Waals surface area contributed by atoms with Gasteiger partial charge in [0.15, 0.2) is 0 Å². The topological polar surface area (TPSA) is 76.0 Å². The molecule has 0 radical (unpaired) electrons. The van der Waals surface area contributed by atoms with Gasteiger partial charge in [-0.3, -0.25) is 9.69 Å². The van der Waals surface area contributed by atoms with Gasteiger partial charge in [-0.2, -0.15) is 0 Å². The third kappa shape index (κ3) is 3.20. The Morgan fingerprint density at radius 2 is 2.38 bits per heavy atom. The molecule has 0 bridgehead atoms. The van der Waals surface area contributed by atoms with Gasteiger partial charge in [0.2, 0.25) is 0 Å². The molecule has 2 aromatic heterocycles. The van der Waals surface area contributed by atoms with E-state index in [0.29, 0.717) is 18.1 Å². The molecule has 3 heterocycles. The molecule has 0 aromatic carbocycles. The molecule has 0 amide bonds. The summed E-state index contributed by atoms with van der Waals surface area (Å²) in [6, 6.07) is 1.52. The van der Waals surface area contributed by atoms with Crippen molar-refractivity contribution in [1.29, 1.82) is 0 Å². The van der Waals surface area contributed by atoms with Crippen LogP contribution in [0.5, 0.6) is 0 Å². The highest BCUT2D eigenvalue weighted by atomic mass is 16.5. The Labute approximate surface area is 122 Å². The number of hydrogen-bond donors (Lipinski definition) is 1. The second-order valence-electron chi connectivity index (χ2n) is 5.35. The van der Waals surface area contributed by atoms with Crippen molar-refractivity contribution in [3.8, 4) is 0 Å². The zero-order valence-electron chi connectivity index (χ0n) is 12.2. The summed E-state index contributed by atoms with van der Waals surface area (Å²) in [7, 11) is 1.99. The van der Waals surface area contributed by atoms with Crippen molar-refractivity contribution >= 4 is 0 Å². The Balaban J connectivity index is 1.73. The van der Waals surface area contributed by atoms with E-state index in [9.17, 15) is 4.79 Å². The fourth-order valence-electron chi connectivity index (χ4n) is 2.56. The molecule has 0 saturated carbocycles. The second kappa shape index (κ2) is 5.79. The number of ether oxygens (including phenoxy) is 1. The molecule has 0 aliphatic carbocycles. The Hall–Kier alpha value is -1.99. The molecule has 3 rings (SSSR count). The lowest BCUT2D eigenvalue weighted by atomic mass is 10.2. The highest BCUT2D eigenvalue weighted by molar-refractivity contribution is 5.07. The summed E-state index contributed by atoms with van der Waals surface area (Å²) in [5.41, 5.74) is 1.72. The minimum Gasteiger partial charge on any atom is -0.369 e. The molecule has 1 N–H and O–H groups in total. The largest absolute Gasteiger partial charge is 0.369 e. The first kappa shape index (κ1) is 14.0. The minimum absolute atomic E-state index is 0.134. The molecule has 1 fully saturated rings. The molecular formula is C14H19N5O2. The number of imidazole rings is 1. The van der Waals surface area contributed by atoms with Crippen LogP contribution in [0.2, 0.25) is 0 Å². The van der Waals surface area contributed by atoms with E-state index in [1.165, 1.54) is 6.07 Å². The normalized spacial score (nSPS) is 19.8. The molecule has 0 spiro atoms. The fraction of sp³-hybridized carbons (Fsp3) is 0.500. The number of hydrogen-bond acceptors (Lipinski definition) is 5. The van der Waals surface area contributed by atoms with Crippen LogP contribution in [0.15, 0.2) is 23.4 Å². The molecule has 1 saturated heterocycles. The van der Waals surface area contributed by atoms with Crippen LogP contribution in [0.3, 0.4) is 0 Å². The van der Waals surface area contributed by atoms with Gasteiger partial charge >= 0.3 is 0 Å². The first-order valence-electron chi connectivity index (χ1n) is 6.99. The predicted octanol–water partition coefficient (Wildman–Crippen LogP) is 0.385. The summed E-state index contributed by atoms with van der Waals surface area (Å²) in [5.74, 6) is 0.616. The van der Waals surface area contributed by atoms with E-state index < -0.39 is 0 Å². The van der Waals surface area contributed by atoms with Gasteiger partial charge in [0.05, 0.1) is 24.3 Å². The van der Waals surface area contributed by atoms with E-state index in [4.69, 9.17) is 4.74 Å². The van der Waals surface area contributed by atoms with E-state index in [2.05, 4.69) is 19.9 Å². The first-order valence-corrected chi connectivity index (χ1v) is 6.99. The summed E-state index contributed by atoms with van der Waals surface area (Å²) in [4.78, 5) is 25.0. The number of nitrogens with one attached hydrogen (secondary N) is 1. The Morgan fingerprint density at radius 1 is 1.52 bits per heavy atom. The van der Waals surface area contributed by atoms with Gasteiger partial charge in [-0.1, -0.05) is 0 Å². The molecule has 1 aliphatic rings. The molecule has 7 nitrogen and oxygen atoms in total. The summed E-state index contributed by atoms with van der Waals surface area (Å²) in [6.45, 7) is 4.82. The number of H-pyrrole nitrogens is 1. The maximum Gasteiger partial charge on any atom is 0.251 e. The smallest absolute Gasteiger partial charge is 0.251 e. The van der Waals surface area contributed by atoms with Crippen LogP contribution in [-0.2, 0) is 18.3 Å². The van der Waals surface area contributed by atoms with Crippen LogP contribution in [0.1, 0.15) is 23.3 Å². The molecule has 1 unspecified atom stereocenters. The Bertz CT molecular complexity index is 678. The first-order chi connectivity index (χ1) is 10.1. The Kier molecular flexibility index (Phi) is 3.85. The van der Waals surface area contributed by atoms with Crippen molar-refractivity contribution < 1.29 is 4.74 Å². The maximum atomic E-state index is 11.6. The summed E-state index contributed by atoms with van der Waals surface area (Å²) in [5, 5.41) is 0. The standard InChI is InChI=1S/C14H19N5O2/c1-10-16-12(5-14(20)17-10)13-8-19(3-4-21-13)7-11-6-15-9-18(11)2/h5-6,9,13H,3-4,7-8H2,1-2H3,(H,16,17,20). The maximum absolute atomic E-state index is 11.6. The molecule has 1 atom stereocenters. The van der Waals surface area contributed by atoms with Gasteiger partial charge in [0, 0.05) is 38.9 Å². The van der Waals surface area contributed by atoms with Crippen LogP contribution in [0.25, 0.3) is 0 Å². The molecule has 112 valence electrons. The number of rotatable bonds is 3. The highest BCUT2D eigenvalue weighted by Crippen LogP contribution is 2.20. The highest BCUT2D eigenvalue weighted by Gasteiger charge is 2.24. The number of aromatic nitrogens is 4. The number of aromatic amines is 1. The minimum atomic E-state index is -0.159. The third-order valence-electron chi connectivity index (χ3n) is 3.66. The van der Waals surface area contributed by atoms with Crippen molar-refractivity contribution in [1.82, 2.24) is 24.4 Å². The number of nitrogens with zero attached hydrogens (tertiary/aromatic N) is 4. The summed E-state index contributed by atoms with van der Waals surface area (Å²) < 4.78 is 7.79. The van der Waals surface area contributed by atoms with Gasteiger partial charge in [0.1, 0.15) is 11.9 Å². The lowest BCUT2D eigenvalue weighted by Crippen LogP contribution is -2.38.